The molecule has 41 heavy (non-hydrogen) atoms. The predicted molar refractivity (Wildman–Crippen MR) is 131 cm³/mol. The summed E-state index contributed by atoms with van der Waals surface area (Å²) in [4.78, 5) is 60.9. The Morgan fingerprint density at radius 1 is 0.805 bits per heavy atom. The average Bonchev–Trinajstić information content (AvgIpc) is 2.90. The largest absolute Gasteiger partial charge is 0.481 e. The summed E-state index contributed by atoms with van der Waals surface area (Å²) in [6.07, 6.45) is 6.11. The van der Waals surface area contributed by atoms with E-state index in [2.05, 4.69) is 4.74 Å². The van der Waals surface area contributed by atoms with Gasteiger partial charge in [0.1, 0.15) is 16.7 Å². The molecule has 0 aromatic carbocycles. The van der Waals surface area contributed by atoms with E-state index in [0.717, 1.165) is 6.08 Å². The number of allylic oxidation sites excluding steroid dienone is 4. The second-order valence-corrected chi connectivity index (χ2v) is 9.77. The van der Waals surface area contributed by atoms with Crippen LogP contribution in [0.15, 0.2) is 59.0 Å². The maximum absolute atomic E-state index is 12.6. The van der Waals surface area contributed by atoms with Gasteiger partial charge in [-0.3, -0.25) is 4.79 Å². The Kier molecular flexibility index (Phi) is 7.86. The third kappa shape index (κ3) is 6.21. The zero-order valence-electron chi connectivity index (χ0n) is 22.4. The minimum atomic E-state index is -1.57. The fourth-order valence-electron chi connectivity index (χ4n) is 4.37. The number of esters is 5. The quantitative estimate of drug-likeness (QED) is 0.154. The molecule has 3 heterocycles. The molecule has 0 bridgehead atoms. The molecule has 0 aromatic rings. The van der Waals surface area contributed by atoms with Crippen molar-refractivity contribution in [3.05, 3.63) is 59.0 Å². The van der Waals surface area contributed by atoms with Gasteiger partial charge in [0.2, 0.25) is 0 Å². The standard InChI is InChI=1S/C27H28O14/c1-15-19(29)38-26(39-20(15)30)11-13-27(14-12-26)40-23(33)17(24(34)41-27)8-6-4-5-7-16-21(31)36-25(2,37-22(16)32)10-9-18(28)35-3/h4-8,29,31H,9-14H2,1-3H3/b6-4+,7-5+,17-8?. The molecule has 2 fully saturated rings. The van der Waals surface area contributed by atoms with Crippen LogP contribution in [0.5, 0.6) is 0 Å². The Hall–Kier alpha value is -4.75. The van der Waals surface area contributed by atoms with E-state index in [1.807, 2.05) is 0 Å². The van der Waals surface area contributed by atoms with E-state index in [1.54, 1.807) is 0 Å². The molecule has 14 nitrogen and oxygen atoms in total. The van der Waals surface area contributed by atoms with Crippen LogP contribution in [0.4, 0.5) is 0 Å². The van der Waals surface area contributed by atoms with Crippen molar-refractivity contribution in [3.63, 3.8) is 0 Å². The SMILES string of the molecule is COC(=O)CCC1(C)OC(=O)C(/C=C/C=C/C=C2C(=O)OC3(CCC4(CC3)OC(=O)C(C)=C(O)O4)OC2=O)=C(O)O1. The third-order valence-electron chi connectivity index (χ3n) is 6.79. The van der Waals surface area contributed by atoms with Crippen molar-refractivity contribution in [2.45, 2.75) is 69.7 Å². The zero-order valence-corrected chi connectivity index (χ0v) is 22.4. The van der Waals surface area contributed by atoms with Crippen LogP contribution in [0.3, 0.4) is 0 Å². The van der Waals surface area contributed by atoms with Gasteiger partial charge in [0.25, 0.3) is 29.3 Å². The predicted octanol–water partition coefficient (Wildman–Crippen LogP) is 2.47. The van der Waals surface area contributed by atoms with E-state index in [9.17, 15) is 34.2 Å². The number of aliphatic hydroxyl groups is 2. The molecule has 0 aromatic heterocycles. The fraction of sp³-hybridized carbons (Fsp3) is 0.444. The molecule has 1 aliphatic carbocycles. The summed E-state index contributed by atoms with van der Waals surface area (Å²) < 4.78 is 36.6. The Bertz CT molecular complexity index is 1300. The highest BCUT2D eigenvalue weighted by Crippen LogP contribution is 2.45. The van der Waals surface area contributed by atoms with Crippen LogP contribution in [-0.2, 0) is 57.1 Å². The molecular formula is C27H28O14. The Morgan fingerprint density at radius 3 is 1.95 bits per heavy atom. The Balaban J connectivity index is 1.34. The number of ether oxygens (including phenoxy) is 7. The van der Waals surface area contributed by atoms with Crippen LogP contribution < -0.4 is 0 Å². The van der Waals surface area contributed by atoms with Gasteiger partial charge in [-0.2, -0.15) is 0 Å². The van der Waals surface area contributed by atoms with Crippen LogP contribution in [0.2, 0.25) is 0 Å². The number of hydrogen-bond acceptors (Lipinski definition) is 14. The van der Waals surface area contributed by atoms with Gasteiger partial charge in [0.05, 0.1) is 13.5 Å². The van der Waals surface area contributed by atoms with E-state index in [1.165, 1.54) is 45.3 Å². The molecule has 14 heteroatoms. The molecule has 2 spiro atoms. The van der Waals surface area contributed by atoms with Gasteiger partial charge in [-0.15, -0.1) is 0 Å². The summed E-state index contributed by atoms with van der Waals surface area (Å²) in [5.74, 6) is -9.85. The highest BCUT2D eigenvalue weighted by atomic mass is 16.8. The number of methoxy groups -OCH3 is 1. The minimum Gasteiger partial charge on any atom is -0.481 e. The van der Waals surface area contributed by atoms with E-state index < -0.39 is 59.1 Å². The minimum absolute atomic E-state index is 0.000336. The van der Waals surface area contributed by atoms with Gasteiger partial charge >= 0.3 is 29.8 Å². The van der Waals surface area contributed by atoms with Crippen LogP contribution in [0.1, 0.15) is 52.4 Å². The normalized spacial score (nSPS) is 30.2. The molecule has 3 aliphatic heterocycles. The summed E-state index contributed by atoms with van der Waals surface area (Å²) >= 11 is 0. The van der Waals surface area contributed by atoms with Crippen molar-refractivity contribution in [2.24, 2.45) is 0 Å². The third-order valence-corrected chi connectivity index (χ3v) is 6.79. The molecule has 1 atom stereocenters. The number of rotatable bonds is 6. The lowest BCUT2D eigenvalue weighted by Crippen LogP contribution is -2.54. The molecule has 0 amide bonds. The molecule has 220 valence electrons. The second-order valence-electron chi connectivity index (χ2n) is 9.77. The van der Waals surface area contributed by atoms with Crippen molar-refractivity contribution < 1.29 is 67.3 Å². The first-order chi connectivity index (χ1) is 19.3. The summed E-state index contributed by atoms with van der Waals surface area (Å²) in [6, 6.07) is 0. The lowest BCUT2D eigenvalue weighted by molar-refractivity contribution is -0.297. The Labute approximate surface area is 233 Å². The van der Waals surface area contributed by atoms with Crippen LogP contribution >= 0.6 is 0 Å². The first kappa shape index (κ1) is 29.2. The first-order valence-corrected chi connectivity index (χ1v) is 12.6. The number of aliphatic hydroxyl groups excluding tert-OH is 2. The van der Waals surface area contributed by atoms with Gasteiger partial charge in [0.15, 0.2) is 0 Å². The molecule has 0 radical (unpaired) electrons. The molecule has 4 aliphatic rings. The summed E-state index contributed by atoms with van der Waals surface area (Å²) in [7, 11) is 1.21. The summed E-state index contributed by atoms with van der Waals surface area (Å²) in [5.41, 5.74) is -0.751. The van der Waals surface area contributed by atoms with Crippen molar-refractivity contribution in [2.75, 3.05) is 7.11 Å². The molecule has 1 unspecified atom stereocenters. The van der Waals surface area contributed by atoms with Gasteiger partial charge in [-0.25, -0.2) is 19.2 Å². The maximum atomic E-state index is 12.6. The maximum Gasteiger partial charge on any atom is 0.348 e. The summed E-state index contributed by atoms with van der Waals surface area (Å²) in [5, 5.41) is 20.0. The van der Waals surface area contributed by atoms with Crippen molar-refractivity contribution in [1.29, 1.82) is 0 Å². The molecule has 2 N–H and O–H groups in total. The topological polar surface area (TPSA) is 190 Å². The van der Waals surface area contributed by atoms with Gasteiger partial charge in [-0.1, -0.05) is 18.2 Å². The number of hydrogen-bond donors (Lipinski definition) is 2. The van der Waals surface area contributed by atoms with E-state index in [4.69, 9.17) is 28.4 Å². The molecular weight excluding hydrogens is 548 g/mol. The number of carbonyl (C=O) groups excluding carboxylic acids is 5. The van der Waals surface area contributed by atoms with Gasteiger partial charge < -0.3 is 43.4 Å². The van der Waals surface area contributed by atoms with Gasteiger partial charge in [-0.05, 0) is 19.1 Å². The number of cyclic esters (lactones) is 1. The lowest BCUT2D eigenvalue weighted by atomic mass is 9.87. The number of carbonyl (C=O) groups is 5. The zero-order chi connectivity index (χ0) is 30.0. The fourth-order valence-corrected chi connectivity index (χ4v) is 4.37. The average molecular weight is 577 g/mol. The highest BCUT2D eigenvalue weighted by Gasteiger charge is 2.55. The van der Waals surface area contributed by atoms with Crippen LogP contribution in [-0.4, -0.2) is 64.5 Å². The van der Waals surface area contributed by atoms with E-state index >= 15 is 0 Å². The monoisotopic (exact) mass is 576 g/mol. The van der Waals surface area contributed by atoms with Gasteiger partial charge in [0, 0.05) is 39.0 Å². The smallest absolute Gasteiger partial charge is 0.348 e. The van der Waals surface area contributed by atoms with Crippen molar-refractivity contribution >= 4 is 29.8 Å². The lowest BCUT2D eigenvalue weighted by Gasteiger charge is -2.45. The highest BCUT2D eigenvalue weighted by molar-refractivity contribution is 6.15. The summed E-state index contributed by atoms with van der Waals surface area (Å²) in [6.45, 7) is 2.74. The first-order valence-electron chi connectivity index (χ1n) is 12.6. The van der Waals surface area contributed by atoms with Crippen LogP contribution in [0, 0.1) is 0 Å². The molecule has 4 rings (SSSR count). The van der Waals surface area contributed by atoms with Crippen LogP contribution in [0.25, 0.3) is 0 Å². The van der Waals surface area contributed by atoms with E-state index in [-0.39, 0.29) is 55.2 Å². The van der Waals surface area contributed by atoms with E-state index in [0.29, 0.717) is 0 Å². The Morgan fingerprint density at radius 2 is 1.39 bits per heavy atom. The molecule has 1 saturated carbocycles. The molecule has 1 saturated heterocycles. The second kappa shape index (κ2) is 11.0. The van der Waals surface area contributed by atoms with Crippen molar-refractivity contribution in [1.82, 2.24) is 0 Å². The van der Waals surface area contributed by atoms with Crippen molar-refractivity contribution in [3.8, 4) is 0 Å².